The lowest BCUT2D eigenvalue weighted by Gasteiger charge is -2.24. The van der Waals surface area contributed by atoms with Gasteiger partial charge in [0.2, 0.25) is 5.91 Å². The molecular formula is C58H101NO5. The van der Waals surface area contributed by atoms with Crippen molar-refractivity contribution in [1.82, 2.24) is 5.32 Å². The molecule has 0 aromatic rings. The highest BCUT2D eigenvalue weighted by atomic mass is 16.5. The molecule has 0 radical (unpaired) electrons. The molecule has 368 valence electrons. The Bertz CT molecular complexity index is 1230. The van der Waals surface area contributed by atoms with E-state index < -0.39 is 18.2 Å². The van der Waals surface area contributed by atoms with Crippen LogP contribution in [0.3, 0.4) is 0 Å². The fourth-order valence-corrected chi connectivity index (χ4v) is 7.81. The third-order valence-corrected chi connectivity index (χ3v) is 11.9. The first-order valence-electron chi connectivity index (χ1n) is 26.9. The van der Waals surface area contributed by atoms with Gasteiger partial charge in [-0.25, -0.2) is 0 Å². The van der Waals surface area contributed by atoms with Crippen molar-refractivity contribution in [3.05, 3.63) is 85.1 Å². The van der Waals surface area contributed by atoms with Crippen molar-refractivity contribution >= 4 is 11.9 Å². The average molecular weight is 892 g/mol. The topological polar surface area (TPSA) is 95.9 Å². The molecule has 0 heterocycles. The van der Waals surface area contributed by atoms with Gasteiger partial charge >= 0.3 is 5.97 Å². The number of hydrogen-bond donors (Lipinski definition) is 3. The average Bonchev–Trinajstić information content (AvgIpc) is 3.29. The van der Waals surface area contributed by atoms with Gasteiger partial charge in [-0.05, 0) is 70.6 Å². The summed E-state index contributed by atoms with van der Waals surface area (Å²) in [5, 5.41) is 23.8. The van der Waals surface area contributed by atoms with E-state index in [9.17, 15) is 19.8 Å². The molecule has 0 aromatic carbocycles. The highest BCUT2D eigenvalue weighted by Crippen LogP contribution is 2.18. The molecular weight excluding hydrogens is 791 g/mol. The van der Waals surface area contributed by atoms with Gasteiger partial charge in [-0.15, -0.1) is 0 Å². The molecule has 0 fully saturated rings. The van der Waals surface area contributed by atoms with Crippen LogP contribution in [0.4, 0.5) is 0 Å². The van der Waals surface area contributed by atoms with Gasteiger partial charge in [0.05, 0.1) is 25.2 Å². The maximum Gasteiger partial charge on any atom is 0.306 e. The van der Waals surface area contributed by atoms with Crippen LogP contribution >= 0.6 is 0 Å². The Morgan fingerprint density at radius 1 is 0.469 bits per heavy atom. The number of nitrogens with one attached hydrogen (secondary N) is 1. The van der Waals surface area contributed by atoms with Crippen LogP contribution in [-0.2, 0) is 14.3 Å². The van der Waals surface area contributed by atoms with E-state index in [2.05, 4.69) is 62.5 Å². The van der Waals surface area contributed by atoms with E-state index >= 15 is 0 Å². The number of esters is 1. The number of allylic oxidation sites excluding steroid dienone is 14. The fourth-order valence-electron chi connectivity index (χ4n) is 7.81. The first-order valence-corrected chi connectivity index (χ1v) is 26.9. The zero-order chi connectivity index (χ0) is 46.7. The number of ether oxygens (including phenoxy) is 1. The van der Waals surface area contributed by atoms with Crippen LogP contribution in [0.2, 0.25) is 0 Å². The summed E-state index contributed by atoms with van der Waals surface area (Å²) in [6.45, 7) is 6.33. The molecule has 0 rings (SSSR count). The Labute approximate surface area is 395 Å². The molecule has 1 amide bonds. The highest BCUT2D eigenvalue weighted by molar-refractivity contribution is 5.77. The molecule has 3 unspecified atom stereocenters. The van der Waals surface area contributed by atoms with Crippen LogP contribution in [-0.4, -0.2) is 46.9 Å². The molecule has 6 nitrogen and oxygen atoms in total. The maximum atomic E-state index is 13.2. The second-order valence-electron chi connectivity index (χ2n) is 18.0. The minimum absolute atomic E-state index is 0.0502. The third-order valence-electron chi connectivity index (χ3n) is 11.9. The SMILES string of the molecule is CC\C=C/C=C/C=C/C=C\C=C\C=C\CCCCCC(=O)OC(CCCCCCC/C=C/CCCCCCCC)CC(=O)NC(CO)C(O)CCCCCCCCCCCCCCC. The highest BCUT2D eigenvalue weighted by Gasteiger charge is 2.24. The molecule has 3 atom stereocenters. The summed E-state index contributed by atoms with van der Waals surface area (Å²) < 4.78 is 5.92. The normalized spacial score (nSPS) is 13.9. The van der Waals surface area contributed by atoms with Crippen LogP contribution in [0, 0.1) is 0 Å². The van der Waals surface area contributed by atoms with Gasteiger partial charge in [-0.2, -0.15) is 0 Å². The maximum absolute atomic E-state index is 13.2. The minimum atomic E-state index is -0.802. The van der Waals surface area contributed by atoms with Gasteiger partial charge < -0.3 is 20.3 Å². The predicted octanol–water partition coefficient (Wildman–Crippen LogP) is 16.3. The van der Waals surface area contributed by atoms with Crippen LogP contribution < -0.4 is 5.32 Å². The lowest BCUT2D eigenvalue weighted by Crippen LogP contribution is -2.46. The number of carbonyl (C=O) groups is 2. The fraction of sp³-hybridized carbons (Fsp3) is 0.724. The number of aliphatic hydroxyl groups is 2. The number of hydrogen-bond acceptors (Lipinski definition) is 5. The number of amides is 1. The standard InChI is InChI=1S/C58H101NO5/c1-4-7-10-13-16-19-22-25-27-28-30-33-36-39-42-45-48-51-58(63)64-54(49-46-43-40-37-34-32-29-26-23-20-17-14-11-8-5-2)52-57(62)59-55(53-60)56(61)50-47-44-41-38-35-31-24-21-18-15-12-9-6-3/h7,10,13,16,19,22,25-30,33,36,54-56,60-61H,4-6,8-9,11-12,14-15,17-18,20-21,23-24,31-32,34-35,37-53H2,1-3H3,(H,59,62)/b10-7-,16-13+,22-19+,27-25-,29-26+,30-28+,36-33+. The zero-order valence-electron chi connectivity index (χ0n) is 41.9. The summed E-state index contributed by atoms with van der Waals surface area (Å²) in [7, 11) is 0. The summed E-state index contributed by atoms with van der Waals surface area (Å²) >= 11 is 0. The van der Waals surface area contributed by atoms with E-state index in [4.69, 9.17) is 4.74 Å². The van der Waals surface area contributed by atoms with E-state index in [1.807, 2.05) is 48.6 Å². The monoisotopic (exact) mass is 892 g/mol. The van der Waals surface area contributed by atoms with Crippen LogP contribution in [0.5, 0.6) is 0 Å². The van der Waals surface area contributed by atoms with Gasteiger partial charge in [-0.1, -0.05) is 247 Å². The van der Waals surface area contributed by atoms with Crippen molar-refractivity contribution in [3.8, 4) is 0 Å². The van der Waals surface area contributed by atoms with Crippen molar-refractivity contribution in [1.29, 1.82) is 0 Å². The Hall–Kier alpha value is -2.96. The van der Waals surface area contributed by atoms with Crippen LogP contribution in [0.1, 0.15) is 245 Å². The summed E-state index contributed by atoms with van der Waals surface area (Å²) in [5.74, 6) is -0.534. The Kier molecular flexibility index (Phi) is 48.7. The summed E-state index contributed by atoms with van der Waals surface area (Å²) in [5.41, 5.74) is 0. The Morgan fingerprint density at radius 2 is 0.859 bits per heavy atom. The van der Waals surface area contributed by atoms with Gasteiger partial charge in [-0.3, -0.25) is 9.59 Å². The number of rotatable bonds is 47. The van der Waals surface area contributed by atoms with Crippen molar-refractivity contribution in [2.75, 3.05) is 6.61 Å². The quantitative estimate of drug-likeness (QED) is 0.0245. The zero-order valence-corrected chi connectivity index (χ0v) is 41.9. The minimum Gasteiger partial charge on any atom is -0.462 e. The molecule has 0 saturated carbocycles. The molecule has 0 spiro atoms. The van der Waals surface area contributed by atoms with Gasteiger partial charge in [0.25, 0.3) is 0 Å². The van der Waals surface area contributed by atoms with Gasteiger partial charge in [0.15, 0.2) is 0 Å². The first-order chi connectivity index (χ1) is 31.5. The van der Waals surface area contributed by atoms with E-state index in [1.54, 1.807) is 0 Å². The molecule has 0 bridgehead atoms. The number of aliphatic hydroxyl groups excluding tert-OH is 2. The molecule has 0 saturated heterocycles. The Balaban J connectivity index is 4.70. The lowest BCUT2D eigenvalue weighted by atomic mass is 10.0. The molecule has 0 aliphatic carbocycles. The summed E-state index contributed by atoms with van der Waals surface area (Å²) in [4.78, 5) is 26.2. The Morgan fingerprint density at radius 3 is 1.33 bits per heavy atom. The second-order valence-corrected chi connectivity index (χ2v) is 18.0. The summed E-state index contributed by atoms with van der Waals surface area (Å²) in [6, 6.07) is -0.718. The van der Waals surface area contributed by atoms with Crippen LogP contribution in [0.25, 0.3) is 0 Å². The molecule has 6 heteroatoms. The van der Waals surface area contributed by atoms with E-state index in [1.165, 1.54) is 122 Å². The smallest absolute Gasteiger partial charge is 0.306 e. The van der Waals surface area contributed by atoms with Gasteiger partial charge in [0, 0.05) is 6.42 Å². The third kappa shape index (κ3) is 45.6. The molecule has 0 aliphatic heterocycles. The molecule has 64 heavy (non-hydrogen) atoms. The largest absolute Gasteiger partial charge is 0.462 e. The van der Waals surface area contributed by atoms with Gasteiger partial charge in [0.1, 0.15) is 6.10 Å². The second kappa shape index (κ2) is 51.0. The van der Waals surface area contributed by atoms with E-state index in [0.29, 0.717) is 19.3 Å². The van der Waals surface area contributed by atoms with Crippen molar-refractivity contribution in [3.63, 3.8) is 0 Å². The molecule has 0 aliphatic rings. The van der Waals surface area contributed by atoms with Crippen LogP contribution in [0.15, 0.2) is 85.1 Å². The summed E-state index contributed by atoms with van der Waals surface area (Å²) in [6.07, 6.45) is 66.3. The van der Waals surface area contributed by atoms with Crippen molar-refractivity contribution < 1.29 is 24.5 Å². The van der Waals surface area contributed by atoms with E-state index in [-0.39, 0.29) is 24.9 Å². The number of unbranched alkanes of at least 4 members (excludes halogenated alkanes) is 26. The lowest BCUT2D eigenvalue weighted by molar-refractivity contribution is -0.151. The molecule has 3 N–H and O–H groups in total. The number of carbonyl (C=O) groups excluding carboxylic acids is 2. The van der Waals surface area contributed by atoms with Crippen molar-refractivity contribution in [2.24, 2.45) is 0 Å². The first kappa shape index (κ1) is 61.0. The predicted molar refractivity (Wildman–Crippen MR) is 278 cm³/mol. The van der Waals surface area contributed by atoms with Crippen molar-refractivity contribution in [2.45, 2.75) is 264 Å². The van der Waals surface area contributed by atoms with E-state index in [0.717, 1.165) is 77.0 Å². The molecule has 0 aromatic heterocycles.